The van der Waals surface area contributed by atoms with E-state index in [4.69, 9.17) is 0 Å². The topological polar surface area (TPSA) is 39.6 Å². The van der Waals surface area contributed by atoms with Gasteiger partial charge in [0, 0.05) is 26.2 Å². The lowest BCUT2D eigenvalue weighted by Gasteiger charge is -2.36. The minimum absolute atomic E-state index is 0.343. The van der Waals surface area contributed by atoms with Crippen molar-refractivity contribution in [2.45, 2.75) is 12.8 Å². The van der Waals surface area contributed by atoms with Gasteiger partial charge < -0.3 is 10.0 Å². The predicted octanol–water partition coefficient (Wildman–Crippen LogP) is 3.76. The molecule has 4 nitrogen and oxygen atoms in total. The molecule has 0 atom stereocenters. The summed E-state index contributed by atoms with van der Waals surface area (Å²) in [7, 11) is 0. The third kappa shape index (κ3) is 3.62. The molecular formula is C20H23N3OS. The number of rotatable bonds is 5. The molecule has 1 saturated heterocycles. The molecule has 0 radical (unpaired) electrons. The smallest absolute Gasteiger partial charge is 0.141 e. The number of aromatic nitrogens is 1. The molecular weight excluding hydrogens is 330 g/mol. The standard InChI is InChI=1S/C20H23N3OS/c24-17-8-9-18-19(21-15-25-18)20(17)23-13-11-22(12-14-23)10-4-7-16-5-2-1-3-6-16/h1-3,5-6,8-9,15,24H,4,7,10-14H2. The van der Waals surface area contributed by atoms with Gasteiger partial charge in [-0.2, -0.15) is 0 Å². The molecule has 0 saturated carbocycles. The summed E-state index contributed by atoms with van der Waals surface area (Å²) in [5.41, 5.74) is 5.11. The Morgan fingerprint density at radius 1 is 1.00 bits per heavy atom. The van der Waals surface area contributed by atoms with E-state index in [0.29, 0.717) is 5.75 Å². The quantitative estimate of drug-likeness (QED) is 0.758. The summed E-state index contributed by atoms with van der Waals surface area (Å²) < 4.78 is 1.14. The number of benzene rings is 2. The van der Waals surface area contributed by atoms with Gasteiger partial charge in [0.1, 0.15) is 17.0 Å². The van der Waals surface area contributed by atoms with E-state index >= 15 is 0 Å². The third-order valence-corrected chi connectivity index (χ3v) is 5.72. The molecule has 0 amide bonds. The van der Waals surface area contributed by atoms with Crippen molar-refractivity contribution in [3.05, 3.63) is 53.5 Å². The summed E-state index contributed by atoms with van der Waals surface area (Å²) in [6.45, 7) is 5.09. The van der Waals surface area contributed by atoms with E-state index in [1.807, 2.05) is 11.6 Å². The van der Waals surface area contributed by atoms with Gasteiger partial charge in [-0.3, -0.25) is 4.90 Å². The van der Waals surface area contributed by atoms with E-state index in [0.717, 1.165) is 55.0 Å². The molecule has 5 heteroatoms. The van der Waals surface area contributed by atoms with Gasteiger partial charge in [-0.15, -0.1) is 11.3 Å². The summed E-state index contributed by atoms with van der Waals surface area (Å²) in [5, 5.41) is 10.3. The highest BCUT2D eigenvalue weighted by Crippen LogP contribution is 2.36. The van der Waals surface area contributed by atoms with E-state index in [-0.39, 0.29) is 0 Å². The van der Waals surface area contributed by atoms with Gasteiger partial charge in [-0.25, -0.2) is 4.98 Å². The largest absolute Gasteiger partial charge is 0.506 e. The monoisotopic (exact) mass is 353 g/mol. The summed E-state index contributed by atoms with van der Waals surface area (Å²) >= 11 is 1.62. The molecule has 1 aliphatic heterocycles. The molecule has 1 fully saturated rings. The van der Waals surface area contributed by atoms with Crippen LogP contribution in [0.4, 0.5) is 5.69 Å². The van der Waals surface area contributed by atoms with Crippen LogP contribution in [0.15, 0.2) is 48.0 Å². The highest BCUT2D eigenvalue weighted by Gasteiger charge is 2.21. The number of aromatic hydroxyl groups is 1. The lowest BCUT2D eigenvalue weighted by Crippen LogP contribution is -2.46. The van der Waals surface area contributed by atoms with Crippen molar-refractivity contribution in [2.24, 2.45) is 0 Å². The zero-order valence-corrected chi connectivity index (χ0v) is 15.1. The Bertz CT molecular complexity index is 825. The van der Waals surface area contributed by atoms with Crippen molar-refractivity contribution in [2.75, 3.05) is 37.6 Å². The van der Waals surface area contributed by atoms with Crippen LogP contribution >= 0.6 is 11.3 Å². The number of aryl methyl sites for hydroxylation is 1. The van der Waals surface area contributed by atoms with Crippen LogP contribution in [0.1, 0.15) is 12.0 Å². The number of phenols is 1. The maximum absolute atomic E-state index is 10.3. The highest BCUT2D eigenvalue weighted by molar-refractivity contribution is 7.16. The van der Waals surface area contributed by atoms with Crippen LogP contribution in [0.25, 0.3) is 10.2 Å². The number of hydrogen-bond donors (Lipinski definition) is 1. The maximum Gasteiger partial charge on any atom is 0.141 e. The summed E-state index contributed by atoms with van der Waals surface area (Å²) in [5.74, 6) is 0.343. The van der Waals surface area contributed by atoms with E-state index < -0.39 is 0 Å². The minimum atomic E-state index is 0.343. The molecule has 0 aliphatic carbocycles. The zero-order valence-electron chi connectivity index (χ0n) is 14.3. The number of anilines is 1. The number of thiazole rings is 1. The molecule has 2 aromatic carbocycles. The lowest BCUT2D eigenvalue weighted by atomic mass is 10.1. The molecule has 1 N–H and O–H groups in total. The third-order valence-electron chi connectivity index (χ3n) is 4.93. The molecule has 130 valence electrons. The minimum Gasteiger partial charge on any atom is -0.506 e. The van der Waals surface area contributed by atoms with Crippen molar-refractivity contribution in [3.8, 4) is 5.75 Å². The van der Waals surface area contributed by atoms with Crippen LogP contribution in [-0.4, -0.2) is 47.7 Å². The van der Waals surface area contributed by atoms with Crippen LogP contribution in [0.5, 0.6) is 5.75 Å². The molecule has 25 heavy (non-hydrogen) atoms. The number of piperazine rings is 1. The second kappa shape index (κ2) is 7.42. The summed E-state index contributed by atoms with van der Waals surface area (Å²) in [6, 6.07) is 14.4. The number of hydrogen-bond acceptors (Lipinski definition) is 5. The van der Waals surface area contributed by atoms with Crippen molar-refractivity contribution in [3.63, 3.8) is 0 Å². The van der Waals surface area contributed by atoms with E-state index in [1.54, 1.807) is 17.4 Å². The van der Waals surface area contributed by atoms with Gasteiger partial charge >= 0.3 is 0 Å². The Kier molecular flexibility index (Phi) is 4.85. The molecule has 0 unspecified atom stereocenters. The molecule has 3 aromatic rings. The molecule has 2 heterocycles. The Morgan fingerprint density at radius 3 is 2.60 bits per heavy atom. The average Bonchev–Trinajstić information content (AvgIpc) is 3.12. The van der Waals surface area contributed by atoms with Crippen molar-refractivity contribution in [1.29, 1.82) is 0 Å². The average molecular weight is 353 g/mol. The van der Waals surface area contributed by atoms with Gasteiger partial charge in [0.2, 0.25) is 0 Å². The SMILES string of the molecule is Oc1ccc2scnc2c1N1CCN(CCCc2ccccc2)CC1. The fourth-order valence-electron chi connectivity index (χ4n) is 3.56. The second-order valence-corrected chi connectivity index (χ2v) is 7.44. The van der Waals surface area contributed by atoms with Crippen LogP contribution < -0.4 is 4.90 Å². The first-order valence-electron chi connectivity index (χ1n) is 8.87. The van der Waals surface area contributed by atoms with E-state index in [2.05, 4.69) is 45.1 Å². The first-order chi connectivity index (χ1) is 12.3. The highest BCUT2D eigenvalue weighted by atomic mass is 32.1. The van der Waals surface area contributed by atoms with Gasteiger partial charge in [-0.1, -0.05) is 30.3 Å². The second-order valence-electron chi connectivity index (χ2n) is 6.55. The maximum atomic E-state index is 10.3. The van der Waals surface area contributed by atoms with Gasteiger partial charge in [0.15, 0.2) is 0 Å². The molecule has 1 aromatic heterocycles. The van der Waals surface area contributed by atoms with Crippen molar-refractivity contribution < 1.29 is 5.11 Å². The van der Waals surface area contributed by atoms with Crippen molar-refractivity contribution in [1.82, 2.24) is 9.88 Å². The zero-order chi connectivity index (χ0) is 17.1. The number of nitrogens with zero attached hydrogens (tertiary/aromatic N) is 3. The van der Waals surface area contributed by atoms with E-state index in [9.17, 15) is 5.11 Å². The summed E-state index contributed by atoms with van der Waals surface area (Å²) in [6.07, 6.45) is 2.33. The number of fused-ring (bicyclic) bond motifs is 1. The fourth-order valence-corrected chi connectivity index (χ4v) is 4.24. The first kappa shape index (κ1) is 16.4. The molecule has 0 bridgehead atoms. The lowest BCUT2D eigenvalue weighted by molar-refractivity contribution is 0.254. The van der Waals surface area contributed by atoms with Gasteiger partial charge in [-0.05, 0) is 37.1 Å². The fraction of sp³-hybridized carbons (Fsp3) is 0.350. The Labute approximate surface area is 152 Å². The van der Waals surface area contributed by atoms with Crippen molar-refractivity contribution >= 4 is 27.2 Å². The Hall–Kier alpha value is -2.11. The first-order valence-corrected chi connectivity index (χ1v) is 9.75. The number of phenolic OH excluding ortho intramolecular Hbond substituents is 1. The van der Waals surface area contributed by atoms with Gasteiger partial charge in [0.05, 0.1) is 10.2 Å². The van der Waals surface area contributed by atoms with Gasteiger partial charge in [0.25, 0.3) is 0 Å². The Morgan fingerprint density at radius 2 is 1.80 bits per heavy atom. The predicted molar refractivity (Wildman–Crippen MR) is 105 cm³/mol. The molecule has 4 rings (SSSR count). The molecule has 0 spiro atoms. The van der Waals surface area contributed by atoms with E-state index in [1.165, 1.54) is 12.0 Å². The van der Waals surface area contributed by atoms with Crippen LogP contribution in [0.3, 0.4) is 0 Å². The van der Waals surface area contributed by atoms with Crippen LogP contribution in [0.2, 0.25) is 0 Å². The van der Waals surface area contributed by atoms with Crippen LogP contribution in [-0.2, 0) is 6.42 Å². The Balaban J connectivity index is 1.33. The normalized spacial score (nSPS) is 15.8. The summed E-state index contributed by atoms with van der Waals surface area (Å²) in [4.78, 5) is 9.27. The van der Waals surface area contributed by atoms with Crippen LogP contribution in [0, 0.1) is 0 Å². The molecule has 1 aliphatic rings.